The highest BCUT2D eigenvalue weighted by molar-refractivity contribution is 5.54. The van der Waals surface area contributed by atoms with E-state index in [-0.39, 0.29) is 5.54 Å². The Morgan fingerprint density at radius 2 is 2.12 bits per heavy atom. The summed E-state index contributed by atoms with van der Waals surface area (Å²) in [6, 6.07) is 6.18. The standard InChI is InChI=1S/C13H18N4/c1-10(2)13(14)8-16(9-13)12-5-3-4-11-15-6-7-17(11)12/h3-7,10H,8-9,14H2,1-2H3. The van der Waals surface area contributed by atoms with Crippen LogP contribution in [-0.4, -0.2) is 28.0 Å². The predicted molar refractivity (Wildman–Crippen MR) is 69.2 cm³/mol. The van der Waals surface area contributed by atoms with Crippen LogP contribution in [0.2, 0.25) is 0 Å². The summed E-state index contributed by atoms with van der Waals surface area (Å²) in [5.74, 6) is 1.70. The molecule has 1 aliphatic heterocycles. The van der Waals surface area contributed by atoms with Crippen LogP contribution in [0.3, 0.4) is 0 Å². The highest BCUT2D eigenvalue weighted by Gasteiger charge is 2.42. The quantitative estimate of drug-likeness (QED) is 0.850. The molecule has 0 radical (unpaired) electrons. The van der Waals surface area contributed by atoms with Gasteiger partial charge in [0.1, 0.15) is 11.5 Å². The molecular weight excluding hydrogens is 212 g/mol. The van der Waals surface area contributed by atoms with Gasteiger partial charge in [0.25, 0.3) is 0 Å². The first-order valence-corrected chi connectivity index (χ1v) is 6.06. The van der Waals surface area contributed by atoms with Crippen LogP contribution in [0.1, 0.15) is 13.8 Å². The summed E-state index contributed by atoms with van der Waals surface area (Å²) in [6.07, 6.45) is 3.83. The number of aromatic nitrogens is 2. The number of hydrogen-bond donors (Lipinski definition) is 1. The summed E-state index contributed by atoms with van der Waals surface area (Å²) in [7, 11) is 0. The molecule has 0 saturated carbocycles. The number of hydrogen-bond acceptors (Lipinski definition) is 3. The van der Waals surface area contributed by atoms with Crippen LogP contribution < -0.4 is 10.6 Å². The van der Waals surface area contributed by atoms with Crippen molar-refractivity contribution < 1.29 is 0 Å². The Kier molecular flexibility index (Phi) is 2.16. The van der Waals surface area contributed by atoms with E-state index < -0.39 is 0 Å². The van der Waals surface area contributed by atoms with E-state index in [0.717, 1.165) is 18.7 Å². The van der Waals surface area contributed by atoms with Gasteiger partial charge in [-0.1, -0.05) is 19.9 Å². The monoisotopic (exact) mass is 230 g/mol. The zero-order valence-corrected chi connectivity index (χ0v) is 10.3. The van der Waals surface area contributed by atoms with Crippen molar-refractivity contribution in [2.75, 3.05) is 18.0 Å². The Morgan fingerprint density at radius 3 is 2.82 bits per heavy atom. The summed E-state index contributed by atoms with van der Waals surface area (Å²) >= 11 is 0. The highest BCUT2D eigenvalue weighted by Crippen LogP contribution is 2.31. The van der Waals surface area contributed by atoms with Crippen molar-refractivity contribution in [1.82, 2.24) is 9.38 Å². The van der Waals surface area contributed by atoms with E-state index >= 15 is 0 Å². The van der Waals surface area contributed by atoms with Gasteiger partial charge >= 0.3 is 0 Å². The predicted octanol–water partition coefficient (Wildman–Crippen LogP) is 1.51. The number of imidazole rings is 1. The molecule has 0 aromatic carbocycles. The van der Waals surface area contributed by atoms with Crippen molar-refractivity contribution in [3.05, 3.63) is 30.6 Å². The van der Waals surface area contributed by atoms with Crippen LogP contribution in [0.4, 0.5) is 5.82 Å². The molecule has 1 fully saturated rings. The molecule has 17 heavy (non-hydrogen) atoms. The summed E-state index contributed by atoms with van der Waals surface area (Å²) in [6.45, 7) is 6.22. The molecule has 4 heteroatoms. The Hall–Kier alpha value is -1.55. The second kappa shape index (κ2) is 3.47. The van der Waals surface area contributed by atoms with Gasteiger partial charge in [-0.25, -0.2) is 4.98 Å². The number of nitrogens with zero attached hydrogens (tertiary/aromatic N) is 3. The lowest BCUT2D eigenvalue weighted by molar-refractivity contribution is 0.243. The van der Waals surface area contributed by atoms with Crippen molar-refractivity contribution in [1.29, 1.82) is 0 Å². The molecule has 4 nitrogen and oxygen atoms in total. The summed E-state index contributed by atoms with van der Waals surface area (Å²) < 4.78 is 2.11. The lowest BCUT2D eigenvalue weighted by Gasteiger charge is -2.51. The largest absolute Gasteiger partial charge is 0.354 e. The average Bonchev–Trinajstić information content (AvgIpc) is 2.72. The van der Waals surface area contributed by atoms with E-state index in [1.165, 1.54) is 5.82 Å². The molecule has 1 saturated heterocycles. The van der Waals surface area contributed by atoms with Crippen molar-refractivity contribution in [3.63, 3.8) is 0 Å². The van der Waals surface area contributed by atoms with Crippen LogP contribution in [0.25, 0.3) is 5.65 Å². The van der Waals surface area contributed by atoms with Gasteiger partial charge < -0.3 is 10.6 Å². The van der Waals surface area contributed by atoms with Crippen molar-refractivity contribution in [3.8, 4) is 0 Å². The molecule has 2 aromatic heterocycles. The smallest absolute Gasteiger partial charge is 0.138 e. The van der Waals surface area contributed by atoms with Crippen molar-refractivity contribution in [2.24, 2.45) is 11.7 Å². The molecule has 90 valence electrons. The van der Waals surface area contributed by atoms with E-state index in [2.05, 4.69) is 34.2 Å². The van der Waals surface area contributed by atoms with Gasteiger partial charge in [0.2, 0.25) is 0 Å². The van der Waals surface area contributed by atoms with Crippen LogP contribution in [-0.2, 0) is 0 Å². The second-order valence-corrected chi connectivity index (χ2v) is 5.28. The van der Waals surface area contributed by atoms with Crippen LogP contribution >= 0.6 is 0 Å². The van der Waals surface area contributed by atoms with Crippen LogP contribution in [0, 0.1) is 5.92 Å². The van der Waals surface area contributed by atoms with Gasteiger partial charge in [-0.3, -0.25) is 4.40 Å². The Bertz CT molecular complexity index is 537. The number of nitrogens with two attached hydrogens (primary N) is 1. The van der Waals surface area contributed by atoms with Gasteiger partial charge in [0, 0.05) is 25.5 Å². The Labute approximate surface area is 101 Å². The minimum atomic E-state index is -0.0389. The minimum Gasteiger partial charge on any atom is -0.354 e. The zero-order chi connectivity index (χ0) is 12.0. The first kappa shape index (κ1) is 10.6. The lowest BCUT2D eigenvalue weighted by Crippen LogP contribution is -2.70. The van der Waals surface area contributed by atoms with Gasteiger partial charge in [-0.05, 0) is 18.1 Å². The molecule has 0 spiro atoms. The van der Waals surface area contributed by atoms with Gasteiger partial charge in [-0.15, -0.1) is 0 Å². The van der Waals surface area contributed by atoms with Gasteiger partial charge in [0.15, 0.2) is 0 Å². The number of rotatable bonds is 2. The zero-order valence-electron chi connectivity index (χ0n) is 10.3. The topological polar surface area (TPSA) is 46.6 Å². The molecule has 2 aromatic rings. The van der Waals surface area contributed by atoms with Gasteiger partial charge in [-0.2, -0.15) is 0 Å². The van der Waals surface area contributed by atoms with Crippen LogP contribution in [0.15, 0.2) is 30.6 Å². The maximum Gasteiger partial charge on any atom is 0.138 e. The minimum absolute atomic E-state index is 0.0389. The number of fused-ring (bicyclic) bond motifs is 1. The van der Waals surface area contributed by atoms with E-state index in [1.807, 2.05) is 24.5 Å². The summed E-state index contributed by atoms with van der Waals surface area (Å²) in [5.41, 5.74) is 7.27. The highest BCUT2D eigenvalue weighted by atomic mass is 15.3. The average molecular weight is 230 g/mol. The SMILES string of the molecule is CC(C)C1(N)CN(c2cccc3nccn23)C1. The molecule has 3 rings (SSSR count). The molecule has 1 aliphatic rings. The molecule has 0 amide bonds. The first-order valence-electron chi connectivity index (χ1n) is 6.06. The third kappa shape index (κ3) is 1.52. The Balaban J connectivity index is 1.90. The fourth-order valence-corrected chi connectivity index (χ4v) is 2.38. The fourth-order valence-electron chi connectivity index (χ4n) is 2.38. The molecule has 0 aliphatic carbocycles. The van der Waals surface area contributed by atoms with E-state index in [4.69, 9.17) is 5.73 Å². The summed E-state index contributed by atoms with van der Waals surface area (Å²) in [5, 5.41) is 0. The molecule has 3 heterocycles. The molecular formula is C13H18N4. The van der Waals surface area contributed by atoms with E-state index in [9.17, 15) is 0 Å². The maximum atomic E-state index is 6.33. The van der Waals surface area contributed by atoms with E-state index in [0.29, 0.717) is 5.92 Å². The number of pyridine rings is 1. The van der Waals surface area contributed by atoms with E-state index in [1.54, 1.807) is 0 Å². The van der Waals surface area contributed by atoms with Gasteiger partial charge in [0.05, 0.1) is 5.54 Å². The Morgan fingerprint density at radius 1 is 1.35 bits per heavy atom. The first-order chi connectivity index (χ1) is 8.10. The molecule has 0 atom stereocenters. The number of anilines is 1. The van der Waals surface area contributed by atoms with Crippen molar-refractivity contribution in [2.45, 2.75) is 19.4 Å². The molecule has 0 bridgehead atoms. The van der Waals surface area contributed by atoms with Crippen molar-refractivity contribution >= 4 is 11.5 Å². The fraction of sp³-hybridized carbons (Fsp3) is 0.462. The molecule has 2 N–H and O–H groups in total. The lowest BCUT2D eigenvalue weighted by atomic mass is 9.80. The molecule has 0 unspecified atom stereocenters. The summed E-state index contributed by atoms with van der Waals surface area (Å²) in [4.78, 5) is 6.61. The normalized spacial score (nSPS) is 18.7. The van der Waals surface area contributed by atoms with Crippen LogP contribution in [0.5, 0.6) is 0 Å². The third-order valence-electron chi connectivity index (χ3n) is 3.85. The third-order valence-corrected chi connectivity index (χ3v) is 3.85. The second-order valence-electron chi connectivity index (χ2n) is 5.28. The maximum absolute atomic E-state index is 6.33.